The van der Waals surface area contributed by atoms with Crippen molar-refractivity contribution in [3.63, 3.8) is 0 Å². The number of carbonyl (C=O) groups excluding carboxylic acids is 1. The van der Waals surface area contributed by atoms with Crippen LogP contribution in [-0.4, -0.2) is 13.0 Å². The molecule has 1 atom stereocenters. The van der Waals surface area contributed by atoms with Gasteiger partial charge in [-0.2, -0.15) is 5.26 Å². The van der Waals surface area contributed by atoms with Crippen LogP contribution >= 0.6 is 0 Å². The van der Waals surface area contributed by atoms with Gasteiger partial charge in [-0.05, 0) is 41.5 Å². The summed E-state index contributed by atoms with van der Waals surface area (Å²) >= 11 is 0. The van der Waals surface area contributed by atoms with Crippen molar-refractivity contribution in [3.05, 3.63) is 119 Å². The number of benzene rings is 4. The Balaban J connectivity index is 1.68. The molecule has 34 heavy (non-hydrogen) atoms. The number of ether oxygens (including phenoxy) is 2. The van der Waals surface area contributed by atoms with E-state index in [4.69, 9.17) is 9.47 Å². The molecule has 0 bridgehead atoms. The minimum absolute atomic E-state index is 0.131. The summed E-state index contributed by atoms with van der Waals surface area (Å²) in [7, 11) is 1.51. The van der Waals surface area contributed by atoms with Crippen molar-refractivity contribution >= 4 is 16.7 Å². The molecule has 5 nitrogen and oxygen atoms in total. The highest BCUT2D eigenvalue weighted by Gasteiger charge is 2.34. The van der Waals surface area contributed by atoms with E-state index in [0.29, 0.717) is 22.6 Å². The number of aryl methyl sites for hydroxylation is 1. The van der Waals surface area contributed by atoms with Crippen molar-refractivity contribution < 1.29 is 14.3 Å². The van der Waals surface area contributed by atoms with E-state index in [9.17, 15) is 10.1 Å². The smallest absolute Gasteiger partial charge is 0.261 e. The number of hydrogen-bond acceptors (Lipinski definition) is 4. The number of methoxy groups -OCH3 is 1. The molecule has 1 heterocycles. The summed E-state index contributed by atoms with van der Waals surface area (Å²) < 4.78 is 11.5. The fraction of sp³-hybridized carbons (Fsp3) is 0.103. The first-order valence-corrected chi connectivity index (χ1v) is 11.0. The van der Waals surface area contributed by atoms with E-state index < -0.39 is 11.8 Å². The maximum absolute atomic E-state index is 13.2. The van der Waals surface area contributed by atoms with Crippen molar-refractivity contribution in [3.8, 4) is 17.6 Å². The molecule has 0 radical (unpaired) electrons. The Morgan fingerprint density at radius 2 is 1.71 bits per heavy atom. The van der Waals surface area contributed by atoms with Gasteiger partial charge in [0, 0.05) is 5.56 Å². The van der Waals surface area contributed by atoms with Crippen molar-refractivity contribution in [2.24, 2.45) is 0 Å². The molecule has 166 valence electrons. The summed E-state index contributed by atoms with van der Waals surface area (Å²) in [5.41, 5.74) is 3.69. The fourth-order valence-electron chi connectivity index (χ4n) is 4.41. The monoisotopic (exact) mass is 446 g/mol. The predicted octanol–water partition coefficient (Wildman–Crippen LogP) is 5.85. The molecule has 5 rings (SSSR count). The number of para-hydroxylation sites is 1. The lowest BCUT2D eigenvalue weighted by Gasteiger charge is -2.29. The first kappa shape index (κ1) is 21.3. The van der Waals surface area contributed by atoms with Crippen LogP contribution in [0.3, 0.4) is 0 Å². The molecule has 0 aromatic heterocycles. The fourth-order valence-corrected chi connectivity index (χ4v) is 4.41. The van der Waals surface area contributed by atoms with Gasteiger partial charge in [-0.15, -0.1) is 0 Å². The number of nitrogens with one attached hydrogen (secondary N) is 1. The minimum atomic E-state index is -0.410. The van der Waals surface area contributed by atoms with Gasteiger partial charge < -0.3 is 9.47 Å². The Kier molecular flexibility index (Phi) is 5.49. The number of nitrogens with zero attached hydrogens (tertiary/aromatic N) is 1. The second-order valence-corrected chi connectivity index (χ2v) is 8.15. The van der Waals surface area contributed by atoms with Crippen LogP contribution in [0.4, 0.5) is 0 Å². The summed E-state index contributed by atoms with van der Waals surface area (Å²) in [5.74, 6) is 0.377. The molecule has 5 heteroatoms. The summed E-state index contributed by atoms with van der Waals surface area (Å²) in [6.45, 7) is 2.02. The van der Waals surface area contributed by atoms with Crippen molar-refractivity contribution in [1.29, 1.82) is 5.26 Å². The second kappa shape index (κ2) is 8.76. The third-order valence-electron chi connectivity index (χ3n) is 6.07. The van der Waals surface area contributed by atoms with Gasteiger partial charge >= 0.3 is 0 Å². The van der Waals surface area contributed by atoms with E-state index in [2.05, 4.69) is 11.4 Å². The number of allylic oxidation sites excluding steroid dienone is 1. The summed E-state index contributed by atoms with van der Waals surface area (Å²) in [5, 5.41) is 15.2. The van der Waals surface area contributed by atoms with Crippen LogP contribution in [0.2, 0.25) is 0 Å². The topological polar surface area (TPSA) is 71.3 Å². The van der Waals surface area contributed by atoms with Crippen molar-refractivity contribution in [2.75, 3.05) is 7.11 Å². The zero-order valence-corrected chi connectivity index (χ0v) is 18.8. The van der Waals surface area contributed by atoms with Crippen LogP contribution in [0.5, 0.6) is 11.5 Å². The summed E-state index contributed by atoms with van der Waals surface area (Å²) in [4.78, 5) is 13.2. The van der Waals surface area contributed by atoms with Gasteiger partial charge in [-0.3, -0.25) is 10.1 Å². The lowest BCUT2D eigenvalue weighted by atomic mass is 9.81. The third-order valence-corrected chi connectivity index (χ3v) is 6.07. The van der Waals surface area contributed by atoms with Crippen LogP contribution in [-0.2, 0) is 0 Å². The lowest BCUT2D eigenvalue weighted by molar-refractivity contribution is 0.0944. The van der Waals surface area contributed by atoms with Crippen molar-refractivity contribution in [1.82, 2.24) is 5.32 Å². The third kappa shape index (κ3) is 3.66. The number of fused-ring (bicyclic) bond motifs is 3. The second-order valence-electron chi connectivity index (χ2n) is 8.15. The van der Waals surface area contributed by atoms with Gasteiger partial charge in [0.05, 0.1) is 18.6 Å². The molecule has 1 aliphatic rings. The highest BCUT2D eigenvalue weighted by atomic mass is 16.5. The normalized spacial score (nSPS) is 14.7. The largest absolute Gasteiger partial charge is 0.496 e. The van der Waals surface area contributed by atoms with E-state index in [-0.39, 0.29) is 5.88 Å². The zero-order chi connectivity index (χ0) is 23.7. The molecule has 0 fully saturated rings. The average Bonchev–Trinajstić information content (AvgIpc) is 2.88. The van der Waals surface area contributed by atoms with E-state index in [0.717, 1.165) is 27.5 Å². The lowest BCUT2D eigenvalue weighted by Crippen LogP contribution is -2.31. The Labute approximate surface area is 197 Å². The quantitative estimate of drug-likeness (QED) is 0.427. The van der Waals surface area contributed by atoms with Crippen molar-refractivity contribution in [2.45, 2.75) is 12.8 Å². The SMILES string of the molecule is COc1ccccc1C(=O)NC1=C(C#N)C(c2ccc(C)cc2)c2c(ccc3ccccc23)O1. The van der Waals surface area contributed by atoms with Gasteiger partial charge in [0.25, 0.3) is 5.91 Å². The molecule has 4 aromatic rings. The average molecular weight is 447 g/mol. The minimum Gasteiger partial charge on any atom is -0.496 e. The maximum atomic E-state index is 13.2. The van der Waals surface area contributed by atoms with Gasteiger partial charge in [-0.1, -0.05) is 72.3 Å². The molecule has 0 saturated carbocycles. The van der Waals surface area contributed by atoms with E-state index in [1.165, 1.54) is 7.11 Å². The molecule has 0 saturated heterocycles. The highest BCUT2D eigenvalue weighted by molar-refractivity contribution is 5.98. The molecule has 1 unspecified atom stereocenters. The Bertz CT molecular complexity index is 1480. The van der Waals surface area contributed by atoms with E-state index in [1.807, 2.05) is 67.6 Å². The number of hydrogen-bond donors (Lipinski definition) is 1. The van der Waals surface area contributed by atoms with Gasteiger partial charge in [0.1, 0.15) is 23.1 Å². The highest BCUT2D eigenvalue weighted by Crippen LogP contribution is 2.46. The molecule has 1 N–H and O–H groups in total. The van der Waals surface area contributed by atoms with Crippen LogP contribution in [0.1, 0.15) is 33.0 Å². The number of amides is 1. The molecule has 0 spiro atoms. The molecule has 1 amide bonds. The zero-order valence-electron chi connectivity index (χ0n) is 18.8. The molecular weight excluding hydrogens is 424 g/mol. The van der Waals surface area contributed by atoms with Gasteiger partial charge in [0.15, 0.2) is 0 Å². The van der Waals surface area contributed by atoms with Crippen LogP contribution < -0.4 is 14.8 Å². The van der Waals surface area contributed by atoms with E-state index in [1.54, 1.807) is 24.3 Å². The van der Waals surface area contributed by atoms with E-state index >= 15 is 0 Å². The number of rotatable bonds is 4. The van der Waals surface area contributed by atoms with Crippen LogP contribution in [0.15, 0.2) is 96.4 Å². The number of nitriles is 1. The molecule has 0 aliphatic carbocycles. The van der Waals surface area contributed by atoms with Gasteiger partial charge in [0.2, 0.25) is 5.88 Å². The van der Waals surface area contributed by atoms with Crippen LogP contribution in [0.25, 0.3) is 10.8 Å². The molecular formula is C29H22N2O3. The van der Waals surface area contributed by atoms with Gasteiger partial charge in [-0.25, -0.2) is 0 Å². The summed E-state index contributed by atoms with van der Waals surface area (Å²) in [6, 6.07) is 29.3. The first-order valence-electron chi connectivity index (χ1n) is 11.0. The summed E-state index contributed by atoms with van der Waals surface area (Å²) in [6.07, 6.45) is 0. The Hall–Kier alpha value is -4.56. The standard InChI is InChI=1S/C29H22N2O3/c1-18-11-13-20(14-12-18)26-23(17-30)29(31-28(32)22-9-5-6-10-24(22)33-2)34-25-16-15-19-7-3-4-8-21(19)27(25)26/h3-16,26H,1-2H3,(H,31,32). The van der Waals surface area contributed by atoms with Crippen LogP contribution in [0, 0.1) is 18.3 Å². The predicted molar refractivity (Wildman–Crippen MR) is 131 cm³/mol. The number of carbonyl (C=O) groups is 1. The molecule has 4 aromatic carbocycles. The Morgan fingerprint density at radius 1 is 0.971 bits per heavy atom. The first-order chi connectivity index (χ1) is 16.6. The Morgan fingerprint density at radius 3 is 2.47 bits per heavy atom. The molecule has 1 aliphatic heterocycles. The maximum Gasteiger partial charge on any atom is 0.261 e.